The zero-order valence-corrected chi connectivity index (χ0v) is 83.3. The first-order valence-corrected chi connectivity index (χ1v) is 51.9. The number of nitrogens with zero attached hydrogens (tertiary/aromatic N) is 8. The van der Waals surface area contributed by atoms with Gasteiger partial charge in [0.25, 0.3) is 0 Å². The molecule has 6 atom stereocenters. The van der Waals surface area contributed by atoms with Gasteiger partial charge in [-0.2, -0.15) is 0 Å². The number of pyridine rings is 2. The number of aryl methyl sites for hydroxylation is 6. The number of anilines is 11. The Hall–Kier alpha value is -9.92. The first kappa shape index (κ1) is 89.9. The highest BCUT2D eigenvalue weighted by molar-refractivity contribution is 5.81. The Labute approximate surface area is 794 Å². The minimum absolute atomic E-state index is 0.117. The summed E-state index contributed by atoms with van der Waals surface area (Å²) in [6, 6.07) is 91.9. The Kier molecular flexibility index (Phi) is 23.9. The summed E-state index contributed by atoms with van der Waals surface area (Å²) in [6.45, 7) is 42.2. The van der Waals surface area contributed by atoms with Gasteiger partial charge < -0.3 is 29.4 Å². The van der Waals surface area contributed by atoms with Crippen molar-refractivity contribution in [3.63, 3.8) is 0 Å². The lowest BCUT2D eigenvalue weighted by atomic mass is 9.42. The van der Waals surface area contributed by atoms with Crippen LogP contribution in [0, 0.1) is 94.3 Å². The van der Waals surface area contributed by atoms with Gasteiger partial charge in [-0.15, -0.1) is 0 Å². The van der Waals surface area contributed by atoms with Gasteiger partial charge in [0.15, 0.2) is 0 Å². The van der Waals surface area contributed by atoms with E-state index in [2.05, 4.69) is 396 Å². The molecule has 132 heavy (non-hydrogen) atoms. The van der Waals surface area contributed by atoms with E-state index in [-0.39, 0.29) is 16.4 Å². The van der Waals surface area contributed by atoms with Gasteiger partial charge >= 0.3 is 0 Å². The van der Waals surface area contributed by atoms with Crippen LogP contribution in [0.5, 0.6) is 0 Å². The maximum Gasteiger partial charge on any atom is 0.137 e. The molecule has 9 aromatic carbocycles. The Bertz CT molecular complexity index is 5700. The predicted molar refractivity (Wildman–Crippen MR) is 557 cm³/mol. The van der Waals surface area contributed by atoms with Crippen LogP contribution in [-0.2, 0) is 27.1 Å². The molecule has 6 unspecified atom stereocenters. The van der Waals surface area contributed by atoms with Crippen LogP contribution in [0.3, 0.4) is 0 Å². The minimum Gasteiger partial charge on any atom is -0.363 e. The summed E-state index contributed by atoms with van der Waals surface area (Å²) >= 11 is 0. The first-order valence-electron chi connectivity index (χ1n) is 51.9. The van der Waals surface area contributed by atoms with Crippen LogP contribution >= 0.6 is 0 Å². The minimum atomic E-state index is 0.117. The standard InChI is InChI=1S/C25H29N.C23H33N.C21H25N.C20H24N2.C18H21N.C17H20N2/c1-16-7-3-5-9-23(16)26-17(2)25(22-8-4-6-10-24(22)26)20-12-18-11-19(14-20)15-21(25)13-18;1-15-7-5-6-8-21(15)24-16(2)23(14-22(24,3)4)19-10-17-9-18(12-19)13-20(23)11-17;1-16-10-4-6-12-19(16)22-17(2)21(14-8-3-9-15-21)18-11-5-7-13-20(18)22;1-15-9-4-5-11-18(15)22-16(2)20(12-6-3-7-13-20)17-10-8-14-21-19(17)22;1-13-9-5-7-11-16(13)19-14(2)18(3,4)15-10-6-8-12-17(15)19;1-12-8-5-6-10-15(12)19-13(2)17(3,4)14-9-7-11-18-16(14)19/h3-10,17-21H,11-15H2,1-2H3;5-8,16-20H,9-14H2,1-4H3;4-7,10-13,17H,3,8-9,14-15H2,1-2H3;4-5,8-11,14,16H,3,6-7,12-13H2,1-2H3;5-12,14H,1-4H3;5-11,13H,1-4H3. The Balaban J connectivity index is 0.0000000991. The summed E-state index contributed by atoms with van der Waals surface area (Å²) in [5, 5.41) is 0. The highest BCUT2D eigenvalue weighted by Gasteiger charge is 2.67. The lowest BCUT2D eigenvalue weighted by Crippen LogP contribution is -2.60. The van der Waals surface area contributed by atoms with Gasteiger partial charge in [-0.3, -0.25) is 0 Å². The van der Waals surface area contributed by atoms with E-state index in [1.807, 2.05) is 18.5 Å². The van der Waals surface area contributed by atoms with Gasteiger partial charge in [0.05, 0.1) is 0 Å². The fraction of sp³-hybridized carbons (Fsp3) is 0.484. The first-order chi connectivity index (χ1) is 63.6. The van der Waals surface area contributed by atoms with Crippen molar-refractivity contribution in [2.75, 3.05) is 29.4 Å². The van der Waals surface area contributed by atoms with E-state index in [9.17, 15) is 0 Å². The van der Waals surface area contributed by atoms with E-state index < -0.39 is 0 Å². The molecule has 2 aromatic heterocycles. The Morgan fingerprint density at radius 3 is 0.970 bits per heavy atom. The van der Waals surface area contributed by atoms with Crippen LogP contribution in [0.4, 0.5) is 62.8 Å². The molecular formula is C124H152N8. The summed E-state index contributed by atoms with van der Waals surface area (Å²) in [6.07, 6.45) is 33.9. The molecule has 0 radical (unpaired) electrons. The highest BCUT2D eigenvalue weighted by atomic mass is 15.3. The van der Waals surface area contributed by atoms with E-state index in [4.69, 9.17) is 4.98 Å². The third kappa shape index (κ3) is 14.6. The summed E-state index contributed by atoms with van der Waals surface area (Å²) in [4.78, 5) is 24.9. The van der Waals surface area contributed by atoms with Crippen molar-refractivity contribution in [1.82, 2.24) is 9.97 Å². The molecule has 10 aliphatic carbocycles. The molecule has 4 spiro atoms. The average molecular weight is 1750 g/mol. The highest BCUT2D eigenvalue weighted by Crippen LogP contribution is 2.72. The summed E-state index contributed by atoms with van der Waals surface area (Å²) in [5.41, 5.74) is 30.4. The lowest BCUT2D eigenvalue weighted by Gasteiger charge is -2.62. The van der Waals surface area contributed by atoms with Gasteiger partial charge in [-0.05, 0) is 363 Å². The number of fused-ring (bicyclic) bond motifs is 7. The molecule has 1 saturated heterocycles. The molecule has 10 saturated carbocycles. The van der Waals surface area contributed by atoms with Gasteiger partial charge in [-0.1, -0.05) is 242 Å². The molecule has 6 aliphatic heterocycles. The van der Waals surface area contributed by atoms with Gasteiger partial charge in [0.1, 0.15) is 11.6 Å². The maximum absolute atomic E-state index is 4.78. The van der Waals surface area contributed by atoms with Gasteiger partial charge in [0, 0.05) is 144 Å². The summed E-state index contributed by atoms with van der Waals surface area (Å²) in [5.74, 6) is 10.3. The van der Waals surface area contributed by atoms with E-state index in [0.29, 0.717) is 57.9 Å². The smallest absolute Gasteiger partial charge is 0.137 e. The number of para-hydroxylation sites is 9. The molecule has 11 aromatic rings. The number of hydrogen-bond acceptors (Lipinski definition) is 8. The van der Waals surface area contributed by atoms with Crippen LogP contribution < -0.4 is 29.4 Å². The van der Waals surface area contributed by atoms with Crippen molar-refractivity contribution in [2.45, 2.75) is 328 Å². The number of hydrogen-bond donors (Lipinski definition) is 0. The van der Waals surface area contributed by atoms with Crippen LogP contribution in [0.25, 0.3) is 0 Å². The molecule has 27 rings (SSSR count). The molecule has 8 nitrogen and oxygen atoms in total. The Morgan fingerprint density at radius 2 is 0.538 bits per heavy atom. The third-order valence-electron chi connectivity index (χ3n) is 38.2. The van der Waals surface area contributed by atoms with Gasteiger partial charge in [0.2, 0.25) is 0 Å². The van der Waals surface area contributed by atoms with Crippen molar-refractivity contribution < 1.29 is 0 Å². The van der Waals surface area contributed by atoms with E-state index in [0.717, 1.165) is 53.2 Å². The summed E-state index contributed by atoms with van der Waals surface area (Å²) < 4.78 is 0. The molecule has 8 bridgehead atoms. The van der Waals surface area contributed by atoms with Crippen molar-refractivity contribution in [3.05, 3.63) is 316 Å². The molecule has 16 aliphatic rings. The molecule has 0 N–H and O–H groups in total. The molecule has 0 amide bonds. The molecular weight excluding hydrogens is 1600 g/mol. The monoisotopic (exact) mass is 1750 g/mol. The second kappa shape index (κ2) is 35.1. The van der Waals surface area contributed by atoms with Gasteiger partial charge in [-0.25, -0.2) is 9.97 Å². The topological polar surface area (TPSA) is 45.2 Å². The van der Waals surface area contributed by atoms with Crippen LogP contribution in [0.1, 0.15) is 279 Å². The number of aromatic nitrogens is 2. The number of rotatable bonds is 6. The quantitative estimate of drug-likeness (QED) is 0.163. The second-order valence-electron chi connectivity index (χ2n) is 45.8. The lowest BCUT2D eigenvalue weighted by molar-refractivity contribution is -0.113. The van der Waals surface area contributed by atoms with Crippen molar-refractivity contribution in [1.29, 1.82) is 0 Å². The Morgan fingerprint density at radius 1 is 0.250 bits per heavy atom. The number of benzene rings is 9. The fourth-order valence-corrected chi connectivity index (χ4v) is 31.7. The van der Waals surface area contributed by atoms with E-state index in [1.54, 1.807) is 17.5 Å². The molecule has 8 heteroatoms. The molecule has 11 fully saturated rings. The third-order valence-corrected chi connectivity index (χ3v) is 38.2. The maximum atomic E-state index is 4.78. The van der Waals surface area contributed by atoms with Crippen LogP contribution in [-0.4, -0.2) is 51.8 Å². The van der Waals surface area contributed by atoms with Crippen molar-refractivity contribution in [2.24, 2.45) is 52.8 Å². The zero-order valence-electron chi connectivity index (χ0n) is 83.3. The van der Waals surface area contributed by atoms with E-state index in [1.165, 1.54) is 235 Å². The SMILES string of the molecule is Cc1ccccc1N1C(C)C2(CC1(C)C)C1CC3CC(C1)CC2C3.Cc1ccccc1N1c2ccccc2C(C)(C)C1C.Cc1ccccc1N1c2ccccc2C2(C3CC4CC(C3)CC2C4)C1C.Cc1ccccc1N1c2ccccc2C2(CCCCC2)C1C.Cc1ccccc1N1c2ncccc2C(C)(C)C1C.Cc1ccccc1N1c2ncccc2C2(CCCCC2)C1C. The van der Waals surface area contributed by atoms with Crippen molar-refractivity contribution in [3.8, 4) is 0 Å². The zero-order chi connectivity index (χ0) is 91.7. The van der Waals surface area contributed by atoms with Crippen LogP contribution in [0.15, 0.2) is 255 Å². The largest absolute Gasteiger partial charge is 0.363 e. The average Bonchev–Trinajstić information content (AvgIpc) is 1.50. The fourth-order valence-electron chi connectivity index (χ4n) is 31.7. The predicted octanol–water partition coefficient (Wildman–Crippen LogP) is 31.9. The second-order valence-corrected chi connectivity index (χ2v) is 45.8. The normalized spacial score (nSPS) is 29.5. The van der Waals surface area contributed by atoms with Crippen LogP contribution in [0.2, 0.25) is 0 Å². The summed E-state index contributed by atoms with van der Waals surface area (Å²) in [7, 11) is 0. The molecule has 8 heterocycles. The van der Waals surface area contributed by atoms with Crippen molar-refractivity contribution >= 4 is 62.8 Å². The van der Waals surface area contributed by atoms with E-state index >= 15 is 0 Å². The molecule has 688 valence electrons.